The second kappa shape index (κ2) is 4.89. The molecule has 1 amide bonds. The van der Waals surface area contributed by atoms with E-state index in [2.05, 4.69) is 15.5 Å². The molecule has 0 fully saturated rings. The number of aromatic nitrogens is 2. The van der Waals surface area contributed by atoms with Crippen LogP contribution >= 0.6 is 11.3 Å². The molecule has 0 aliphatic rings. The highest BCUT2D eigenvalue weighted by Gasteiger charge is 2.08. The van der Waals surface area contributed by atoms with E-state index in [0.29, 0.717) is 24.7 Å². The molecule has 0 saturated carbocycles. The summed E-state index contributed by atoms with van der Waals surface area (Å²) in [4.78, 5) is 11.6. The predicted molar refractivity (Wildman–Crippen MR) is 60.0 cm³/mol. The second-order valence-corrected chi connectivity index (χ2v) is 4.16. The average Bonchev–Trinajstić information content (AvgIpc) is 2.85. The van der Waals surface area contributed by atoms with Crippen LogP contribution in [0.5, 0.6) is 0 Å². The minimum atomic E-state index is -0.0574. The van der Waals surface area contributed by atoms with Crippen molar-refractivity contribution >= 4 is 17.2 Å². The molecule has 0 unspecified atom stereocenters. The normalized spacial score (nSPS) is 10.3. The topological polar surface area (TPSA) is 68.0 Å². The molecule has 5 nitrogen and oxygen atoms in total. The molecule has 2 aromatic rings. The van der Waals surface area contributed by atoms with Gasteiger partial charge in [-0.2, -0.15) is 0 Å². The van der Waals surface area contributed by atoms with Crippen LogP contribution in [0.2, 0.25) is 0 Å². The number of carbonyl (C=O) groups is 1. The fraction of sp³-hybridized carbons (Fsp3) is 0.300. The fourth-order valence-corrected chi connectivity index (χ4v) is 1.84. The van der Waals surface area contributed by atoms with E-state index in [9.17, 15) is 4.79 Å². The highest BCUT2D eigenvalue weighted by atomic mass is 32.1. The molecule has 0 atom stereocenters. The lowest BCUT2D eigenvalue weighted by Crippen LogP contribution is -2.22. The van der Waals surface area contributed by atoms with Gasteiger partial charge in [-0.15, -0.1) is 21.5 Å². The summed E-state index contributed by atoms with van der Waals surface area (Å²) in [5.41, 5.74) is 0. The van der Waals surface area contributed by atoms with Gasteiger partial charge in [0.1, 0.15) is 0 Å². The van der Waals surface area contributed by atoms with E-state index in [1.807, 2.05) is 17.5 Å². The van der Waals surface area contributed by atoms with Crippen molar-refractivity contribution in [2.75, 3.05) is 6.54 Å². The molecule has 0 spiro atoms. The maximum Gasteiger partial charge on any atom is 0.257 e. The summed E-state index contributed by atoms with van der Waals surface area (Å²) in [7, 11) is 0. The number of nitrogens with zero attached hydrogens (tertiary/aromatic N) is 2. The molecule has 2 rings (SSSR count). The highest BCUT2D eigenvalue weighted by molar-refractivity contribution is 7.13. The van der Waals surface area contributed by atoms with Crippen molar-refractivity contribution in [3.63, 3.8) is 0 Å². The van der Waals surface area contributed by atoms with E-state index < -0.39 is 0 Å². The molecule has 0 aliphatic heterocycles. The second-order valence-electron chi connectivity index (χ2n) is 3.21. The number of rotatable bonds is 4. The SMILES string of the molecule is CC(=O)NCCc1nnc(-c2cccs2)o1. The largest absolute Gasteiger partial charge is 0.420 e. The molecule has 6 heteroatoms. The third kappa shape index (κ3) is 2.66. The van der Waals surface area contributed by atoms with Crippen LogP contribution in [0.1, 0.15) is 12.8 Å². The molecule has 0 saturated heterocycles. The van der Waals surface area contributed by atoms with Crippen molar-refractivity contribution in [3.05, 3.63) is 23.4 Å². The third-order valence-corrected chi connectivity index (χ3v) is 2.77. The summed E-state index contributed by atoms with van der Waals surface area (Å²) in [5, 5.41) is 12.5. The van der Waals surface area contributed by atoms with Crippen molar-refractivity contribution in [3.8, 4) is 10.8 Å². The number of amides is 1. The number of nitrogens with one attached hydrogen (secondary N) is 1. The van der Waals surface area contributed by atoms with Gasteiger partial charge in [0.25, 0.3) is 5.89 Å². The number of hydrogen-bond acceptors (Lipinski definition) is 5. The van der Waals surface area contributed by atoms with E-state index in [4.69, 9.17) is 4.42 Å². The first-order chi connectivity index (χ1) is 7.75. The van der Waals surface area contributed by atoms with Gasteiger partial charge in [-0.05, 0) is 11.4 Å². The Morgan fingerprint density at radius 3 is 3.12 bits per heavy atom. The Morgan fingerprint density at radius 2 is 2.44 bits per heavy atom. The van der Waals surface area contributed by atoms with Gasteiger partial charge < -0.3 is 9.73 Å². The van der Waals surface area contributed by atoms with E-state index in [1.54, 1.807) is 11.3 Å². The van der Waals surface area contributed by atoms with Crippen LogP contribution in [0.25, 0.3) is 10.8 Å². The van der Waals surface area contributed by atoms with Crippen LogP contribution < -0.4 is 5.32 Å². The maximum atomic E-state index is 10.6. The molecular formula is C10H11N3O2S. The van der Waals surface area contributed by atoms with Crippen LogP contribution in [0, 0.1) is 0 Å². The van der Waals surface area contributed by atoms with Crippen molar-refractivity contribution < 1.29 is 9.21 Å². The van der Waals surface area contributed by atoms with Gasteiger partial charge in [0.05, 0.1) is 4.88 Å². The summed E-state index contributed by atoms with van der Waals surface area (Å²) in [6.07, 6.45) is 0.554. The van der Waals surface area contributed by atoms with Gasteiger partial charge in [-0.3, -0.25) is 4.79 Å². The molecule has 84 valence electrons. The average molecular weight is 237 g/mol. The molecule has 2 aromatic heterocycles. The van der Waals surface area contributed by atoms with Crippen LogP contribution in [-0.2, 0) is 11.2 Å². The molecule has 2 heterocycles. The highest BCUT2D eigenvalue weighted by Crippen LogP contribution is 2.22. The summed E-state index contributed by atoms with van der Waals surface area (Å²) >= 11 is 1.55. The minimum absolute atomic E-state index is 0.0574. The Kier molecular flexibility index (Phi) is 3.31. The summed E-state index contributed by atoms with van der Waals surface area (Å²) < 4.78 is 5.45. The Hall–Kier alpha value is -1.69. The lowest BCUT2D eigenvalue weighted by Gasteiger charge is -1.96. The summed E-state index contributed by atoms with van der Waals surface area (Å²) in [6.45, 7) is 1.99. The van der Waals surface area contributed by atoms with E-state index in [0.717, 1.165) is 4.88 Å². The van der Waals surface area contributed by atoms with Crippen molar-refractivity contribution in [2.24, 2.45) is 0 Å². The predicted octanol–water partition coefficient (Wildman–Crippen LogP) is 1.48. The fourth-order valence-electron chi connectivity index (χ4n) is 1.20. The quantitative estimate of drug-likeness (QED) is 0.874. The zero-order chi connectivity index (χ0) is 11.4. The van der Waals surface area contributed by atoms with Gasteiger partial charge in [-0.1, -0.05) is 6.07 Å². The number of carbonyl (C=O) groups excluding carboxylic acids is 1. The van der Waals surface area contributed by atoms with E-state index in [-0.39, 0.29) is 5.91 Å². The summed E-state index contributed by atoms with van der Waals surface area (Å²) in [6, 6.07) is 3.86. The Morgan fingerprint density at radius 1 is 1.56 bits per heavy atom. The maximum absolute atomic E-state index is 10.6. The Balaban J connectivity index is 1.95. The molecule has 16 heavy (non-hydrogen) atoms. The Bertz CT molecular complexity index is 464. The van der Waals surface area contributed by atoms with Crippen LogP contribution in [-0.4, -0.2) is 22.6 Å². The van der Waals surface area contributed by atoms with Gasteiger partial charge in [0.2, 0.25) is 11.8 Å². The molecule has 0 radical (unpaired) electrons. The monoisotopic (exact) mass is 237 g/mol. The van der Waals surface area contributed by atoms with Crippen molar-refractivity contribution in [1.29, 1.82) is 0 Å². The lowest BCUT2D eigenvalue weighted by molar-refractivity contribution is -0.118. The molecule has 0 aliphatic carbocycles. The van der Waals surface area contributed by atoms with Gasteiger partial charge in [0.15, 0.2) is 0 Å². The molecular weight excluding hydrogens is 226 g/mol. The standard InChI is InChI=1S/C10H11N3O2S/c1-7(14)11-5-4-9-12-13-10(15-9)8-3-2-6-16-8/h2-3,6H,4-5H2,1H3,(H,11,14). The Labute approximate surface area is 96.5 Å². The minimum Gasteiger partial charge on any atom is -0.420 e. The van der Waals surface area contributed by atoms with Gasteiger partial charge >= 0.3 is 0 Å². The first kappa shape index (κ1) is 10.8. The van der Waals surface area contributed by atoms with Crippen LogP contribution in [0.15, 0.2) is 21.9 Å². The number of hydrogen-bond donors (Lipinski definition) is 1. The zero-order valence-electron chi connectivity index (χ0n) is 8.77. The van der Waals surface area contributed by atoms with Crippen LogP contribution in [0.3, 0.4) is 0 Å². The summed E-state index contributed by atoms with van der Waals surface area (Å²) in [5.74, 6) is 1.02. The van der Waals surface area contributed by atoms with Crippen molar-refractivity contribution in [2.45, 2.75) is 13.3 Å². The molecule has 0 aromatic carbocycles. The van der Waals surface area contributed by atoms with Gasteiger partial charge in [-0.25, -0.2) is 0 Å². The van der Waals surface area contributed by atoms with E-state index in [1.165, 1.54) is 6.92 Å². The first-order valence-corrected chi connectivity index (χ1v) is 5.74. The van der Waals surface area contributed by atoms with Crippen molar-refractivity contribution in [1.82, 2.24) is 15.5 Å². The first-order valence-electron chi connectivity index (χ1n) is 4.86. The molecule has 0 bridgehead atoms. The number of thiophene rings is 1. The van der Waals surface area contributed by atoms with Gasteiger partial charge in [0, 0.05) is 19.9 Å². The zero-order valence-corrected chi connectivity index (χ0v) is 9.58. The third-order valence-electron chi connectivity index (χ3n) is 1.91. The smallest absolute Gasteiger partial charge is 0.257 e. The molecule has 1 N–H and O–H groups in total. The lowest BCUT2D eigenvalue weighted by atomic mass is 10.4. The van der Waals surface area contributed by atoms with E-state index >= 15 is 0 Å². The van der Waals surface area contributed by atoms with Crippen LogP contribution in [0.4, 0.5) is 0 Å².